The van der Waals surface area contributed by atoms with Gasteiger partial charge in [-0.3, -0.25) is 4.79 Å². The monoisotopic (exact) mass is 259 g/mol. The molecule has 1 aliphatic carbocycles. The summed E-state index contributed by atoms with van der Waals surface area (Å²) >= 11 is 0. The molecule has 3 nitrogen and oxygen atoms in total. The predicted molar refractivity (Wildman–Crippen MR) is 74.2 cm³/mol. The smallest absolute Gasteiger partial charge is 0.254 e. The Labute approximate surface area is 114 Å². The summed E-state index contributed by atoms with van der Waals surface area (Å²) in [6, 6.07) is 8.15. The number of carbonyl (C=O) groups is 1. The van der Waals surface area contributed by atoms with Crippen LogP contribution in [0.5, 0.6) is 0 Å². The van der Waals surface area contributed by atoms with Crippen molar-refractivity contribution >= 4 is 5.91 Å². The van der Waals surface area contributed by atoms with Crippen molar-refractivity contribution in [3.05, 3.63) is 35.4 Å². The molecule has 1 aliphatic heterocycles. The van der Waals surface area contributed by atoms with Crippen LogP contribution < -0.4 is 0 Å². The van der Waals surface area contributed by atoms with Crippen LogP contribution >= 0.6 is 0 Å². The van der Waals surface area contributed by atoms with Gasteiger partial charge in [-0.15, -0.1) is 0 Å². The van der Waals surface area contributed by atoms with Gasteiger partial charge in [-0.1, -0.05) is 31.0 Å². The molecule has 1 amide bonds. The molecule has 0 spiro atoms. The molecule has 19 heavy (non-hydrogen) atoms. The first kappa shape index (κ1) is 12.7. The van der Waals surface area contributed by atoms with Gasteiger partial charge in [0, 0.05) is 12.1 Å². The molecule has 1 aromatic rings. The van der Waals surface area contributed by atoms with E-state index in [4.69, 9.17) is 4.74 Å². The van der Waals surface area contributed by atoms with Crippen LogP contribution in [0.25, 0.3) is 0 Å². The van der Waals surface area contributed by atoms with Gasteiger partial charge in [-0.25, -0.2) is 0 Å². The molecule has 1 saturated heterocycles. The number of ether oxygens (including phenoxy) is 1. The first-order valence-corrected chi connectivity index (χ1v) is 7.25. The highest BCUT2D eigenvalue weighted by atomic mass is 16.5. The van der Waals surface area contributed by atoms with Gasteiger partial charge in [0.25, 0.3) is 5.91 Å². The summed E-state index contributed by atoms with van der Waals surface area (Å²) in [6.07, 6.45) is 4.88. The van der Waals surface area contributed by atoms with Crippen molar-refractivity contribution in [3.63, 3.8) is 0 Å². The molecule has 2 unspecified atom stereocenters. The second-order valence-corrected chi connectivity index (χ2v) is 5.57. The number of nitrogens with zero attached hydrogens (tertiary/aromatic N) is 1. The molecule has 1 heterocycles. The van der Waals surface area contributed by atoms with Crippen LogP contribution in [-0.4, -0.2) is 36.1 Å². The average molecular weight is 259 g/mol. The highest BCUT2D eigenvalue weighted by Gasteiger charge is 2.37. The van der Waals surface area contributed by atoms with E-state index < -0.39 is 0 Å². The zero-order chi connectivity index (χ0) is 13.2. The molecular formula is C16H21NO2. The van der Waals surface area contributed by atoms with E-state index in [0.717, 1.165) is 30.5 Å². The van der Waals surface area contributed by atoms with Crippen molar-refractivity contribution in [3.8, 4) is 0 Å². The molecule has 2 atom stereocenters. The van der Waals surface area contributed by atoms with Gasteiger partial charge in [-0.05, 0) is 31.4 Å². The van der Waals surface area contributed by atoms with Crippen molar-refractivity contribution in [2.75, 3.05) is 13.2 Å². The number of morpholine rings is 1. The van der Waals surface area contributed by atoms with Crippen LogP contribution in [0.1, 0.15) is 41.6 Å². The lowest BCUT2D eigenvalue weighted by atomic mass is 9.89. The first-order valence-electron chi connectivity index (χ1n) is 7.25. The van der Waals surface area contributed by atoms with Gasteiger partial charge < -0.3 is 9.64 Å². The van der Waals surface area contributed by atoms with Gasteiger partial charge >= 0.3 is 0 Å². The summed E-state index contributed by atoms with van der Waals surface area (Å²) in [7, 11) is 0. The van der Waals surface area contributed by atoms with Crippen LogP contribution in [0.4, 0.5) is 0 Å². The number of amides is 1. The van der Waals surface area contributed by atoms with Crippen LogP contribution in [0.2, 0.25) is 0 Å². The van der Waals surface area contributed by atoms with E-state index in [9.17, 15) is 4.79 Å². The SMILES string of the molecule is Cc1ccccc1C(=O)N1CCOC2CCCCC21. The topological polar surface area (TPSA) is 29.5 Å². The highest BCUT2D eigenvalue weighted by Crippen LogP contribution is 2.29. The van der Waals surface area contributed by atoms with Gasteiger partial charge in [0.15, 0.2) is 0 Å². The van der Waals surface area contributed by atoms with Crippen molar-refractivity contribution in [2.45, 2.75) is 44.8 Å². The molecular weight excluding hydrogens is 238 g/mol. The summed E-state index contributed by atoms with van der Waals surface area (Å²) in [6.45, 7) is 3.42. The van der Waals surface area contributed by atoms with Gasteiger partial charge in [-0.2, -0.15) is 0 Å². The Balaban J connectivity index is 1.84. The quantitative estimate of drug-likeness (QED) is 0.776. The fourth-order valence-electron chi connectivity index (χ4n) is 3.32. The lowest BCUT2D eigenvalue weighted by molar-refractivity contribution is -0.0753. The van der Waals surface area contributed by atoms with Crippen molar-refractivity contribution in [2.24, 2.45) is 0 Å². The Hall–Kier alpha value is -1.35. The van der Waals surface area contributed by atoms with E-state index in [1.807, 2.05) is 31.2 Å². The Morgan fingerprint density at radius 2 is 2.05 bits per heavy atom. The van der Waals surface area contributed by atoms with E-state index in [1.54, 1.807) is 0 Å². The number of rotatable bonds is 1. The Morgan fingerprint density at radius 3 is 2.89 bits per heavy atom. The first-order chi connectivity index (χ1) is 9.27. The molecule has 3 heteroatoms. The second kappa shape index (κ2) is 5.33. The molecule has 0 radical (unpaired) electrons. The van der Waals surface area contributed by atoms with Crippen molar-refractivity contribution in [1.82, 2.24) is 4.90 Å². The average Bonchev–Trinajstić information content (AvgIpc) is 2.46. The molecule has 1 aromatic carbocycles. The van der Waals surface area contributed by atoms with Gasteiger partial charge in [0.05, 0.1) is 18.8 Å². The third-order valence-corrected chi connectivity index (χ3v) is 4.37. The van der Waals surface area contributed by atoms with E-state index in [0.29, 0.717) is 6.61 Å². The van der Waals surface area contributed by atoms with Crippen LogP contribution in [0, 0.1) is 6.92 Å². The molecule has 0 aromatic heterocycles. The second-order valence-electron chi connectivity index (χ2n) is 5.57. The Bertz CT molecular complexity index is 470. The molecule has 102 valence electrons. The van der Waals surface area contributed by atoms with Crippen molar-refractivity contribution < 1.29 is 9.53 Å². The zero-order valence-electron chi connectivity index (χ0n) is 11.5. The number of benzene rings is 1. The minimum atomic E-state index is 0.179. The molecule has 2 fully saturated rings. The van der Waals surface area contributed by atoms with Crippen LogP contribution in [0.15, 0.2) is 24.3 Å². The maximum Gasteiger partial charge on any atom is 0.254 e. The number of hydrogen-bond acceptors (Lipinski definition) is 2. The third-order valence-electron chi connectivity index (χ3n) is 4.37. The number of aryl methyl sites for hydroxylation is 1. The van der Waals surface area contributed by atoms with Crippen molar-refractivity contribution in [1.29, 1.82) is 0 Å². The predicted octanol–water partition coefficient (Wildman–Crippen LogP) is 2.78. The lowest BCUT2D eigenvalue weighted by Gasteiger charge is -2.44. The summed E-state index contributed by atoms with van der Waals surface area (Å²) in [5, 5.41) is 0. The summed E-state index contributed by atoms with van der Waals surface area (Å²) < 4.78 is 5.83. The number of carbonyl (C=O) groups excluding carboxylic acids is 1. The normalized spacial score (nSPS) is 26.9. The van der Waals surface area contributed by atoms with Crippen LogP contribution in [0.3, 0.4) is 0 Å². The molecule has 2 aliphatic rings. The lowest BCUT2D eigenvalue weighted by Crippen LogP contribution is -2.54. The zero-order valence-corrected chi connectivity index (χ0v) is 11.5. The molecule has 1 saturated carbocycles. The fraction of sp³-hybridized carbons (Fsp3) is 0.562. The van der Waals surface area contributed by atoms with Gasteiger partial charge in [0.2, 0.25) is 0 Å². The van der Waals surface area contributed by atoms with E-state index in [1.165, 1.54) is 12.8 Å². The molecule has 0 N–H and O–H groups in total. The summed E-state index contributed by atoms with van der Waals surface area (Å²) in [5.74, 6) is 0.179. The Kier molecular flexibility index (Phi) is 3.56. The van der Waals surface area contributed by atoms with E-state index >= 15 is 0 Å². The van der Waals surface area contributed by atoms with E-state index in [-0.39, 0.29) is 18.1 Å². The summed E-state index contributed by atoms with van der Waals surface area (Å²) in [5.41, 5.74) is 1.90. The molecule has 3 rings (SSSR count). The molecule has 0 bridgehead atoms. The summed E-state index contributed by atoms with van der Waals surface area (Å²) in [4.78, 5) is 14.8. The largest absolute Gasteiger partial charge is 0.374 e. The van der Waals surface area contributed by atoms with Crippen LogP contribution in [-0.2, 0) is 4.74 Å². The fourth-order valence-corrected chi connectivity index (χ4v) is 3.32. The number of hydrogen-bond donors (Lipinski definition) is 0. The maximum atomic E-state index is 12.7. The maximum absolute atomic E-state index is 12.7. The minimum absolute atomic E-state index is 0.179. The Morgan fingerprint density at radius 1 is 1.26 bits per heavy atom. The van der Waals surface area contributed by atoms with Gasteiger partial charge in [0.1, 0.15) is 0 Å². The minimum Gasteiger partial charge on any atom is -0.374 e. The number of fused-ring (bicyclic) bond motifs is 1. The van der Waals surface area contributed by atoms with E-state index in [2.05, 4.69) is 4.90 Å². The highest BCUT2D eigenvalue weighted by molar-refractivity contribution is 5.95. The third kappa shape index (κ3) is 2.39. The standard InChI is InChI=1S/C16H21NO2/c1-12-6-2-3-7-13(12)16(18)17-10-11-19-15-9-5-4-8-14(15)17/h2-3,6-7,14-15H,4-5,8-11H2,1H3.